The summed E-state index contributed by atoms with van der Waals surface area (Å²) in [6.07, 6.45) is -0.0363. The molecule has 0 saturated heterocycles. The molecule has 3 aliphatic rings. The van der Waals surface area contributed by atoms with Gasteiger partial charge < -0.3 is 26.2 Å². The van der Waals surface area contributed by atoms with E-state index in [0.717, 1.165) is 11.1 Å². The van der Waals surface area contributed by atoms with E-state index in [9.17, 15) is 34.8 Å². The fourth-order valence-corrected chi connectivity index (χ4v) is 5.65. The minimum Gasteiger partial charge on any atom is -0.508 e. The van der Waals surface area contributed by atoms with Gasteiger partial charge in [-0.15, -0.1) is 0 Å². The van der Waals surface area contributed by atoms with Crippen LogP contribution in [0, 0.1) is 11.8 Å². The molecular weight excluding hydrogens is 462 g/mol. The number of carbonyl (C=O) groups excluding carboxylic acids is 3. The standard InChI is InChI=1S/C25H20ClNO7/c26-13-3-1-10(2-4-13)14-5-6-16(28)19-15(14)8-11-7-12-9-17(29)20(24(27)33)23(32)25(12,34)22(31)18(11)21(19)30/h1-6,11-12,28,30,32,34H,7-9H2,(H2,27,33). The Labute approximate surface area is 198 Å². The van der Waals surface area contributed by atoms with Gasteiger partial charge in [0.15, 0.2) is 11.4 Å². The van der Waals surface area contributed by atoms with Crippen LogP contribution in [-0.4, -0.2) is 43.5 Å². The van der Waals surface area contributed by atoms with Gasteiger partial charge in [-0.25, -0.2) is 0 Å². The van der Waals surface area contributed by atoms with Crippen molar-refractivity contribution in [2.24, 2.45) is 17.6 Å². The molecule has 2 aromatic rings. The highest BCUT2D eigenvalue weighted by Crippen LogP contribution is 2.53. The predicted molar refractivity (Wildman–Crippen MR) is 122 cm³/mol. The average molecular weight is 482 g/mol. The molecule has 6 N–H and O–H groups in total. The Morgan fingerprint density at radius 1 is 1.03 bits per heavy atom. The van der Waals surface area contributed by atoms with Gasteiger partial charge in [0.1, 0.15) is 22.8 Å². The third-order valence-electron chi connectivity index (χ3n) is 7.10. The van der Waals surface area contributed by atoms with Gasteiger partial charge in [0, 0.05) is 22.9 Å². The van der Waals surface area contributed by atoms with E-state index < -0.39 is 52.0 Å². The molecule has 1 saturated carbocycles. The third-order valence-corrected chi connectivity index (χ3v) is 7.35. The van der Waals surface area contributed by atoms with Crippen LogP contribution in [0.2, 0.25) is 5.02 Å². The van der Waals surface area contributed by atoms with Crippen molar-refractivity contribution in [1.29, 1.82) is 0 Å². The quantitative estimate of drug-likeness (QED) is 0.412. The van der Waals surface area contributed by atoms with Crippen LogP contribution in [0.3, 0.4) is 0 Å². The van der Waals surface area contributed by atoms with E-state index in [1.54, 1.807) is 30.3 Å². The summed E-state index contributed by atoms with van der Waals surface area (Å²) in [4.78, 5) is 37.6. The molecule has 0 aromatic heterocycles. The normalized spacial score (nSPS) is 26.2. The first kappa shape index (κ1) is 22.2. The first-order valence-corrected chi connectivity index (χ1v) is 11.0. The molecule has 0 aliphatic heterocycles. The van der Waals surface area contributed by atoms with Crippen LogP contribution in [0.15, 0.2) is 53.3 Å². The molecule has 3 atom stereocenters. The molecule has 3 aliphatic carbocycles. The number of aromatic hydroxyl groups is 1. The molecule has 2 aromatic carbocycles. The Morgan fingerprint density at radius 3 is 2.35 bits per heavy atom. The number of Topliss-reactive ketones (excluding diaryl/α,β-unsaturated/α-hetero) is 2. The van der Waals surface area contributed by atoms with Crippen molar-refractivity contribution >= 4 is 34.8 Å². The molecule has 0 radical (unpaired) electrons. The summed E-state index contributed by atoms with van der Waals surface area (Å²) in [6.45, 7) is 0. The maximum Gasteiger partial charge on any atom is 0.255 e. The molecule has 8 nitrogen and oxygen atoms in total. The molecule has 0 heterocycles. The highest BCUT2D eigenvalue weighted by Gasteiger charge is 2.60. The van der Waals surface area contributed by atoms with Crippen molar-refractivity contribution in [3.8, 4) is 16.9 Å². The largest absolute Gasteiger partial charge is 0.508 e. The number of hydrogen-bond acceptors (Lipinski definition) is 7. The van der Waals surface area contributed by atoms with E-state index >= 15 is 0 Å². The monoisotopic (exact) mass is 481 g/mol. The zero-order valence-corrected chi connectivity index (χ0v) is 18.5. The average Bonchev–Trinajstić information content (AvgIpc) is 2.77. The molecular formula is C25H20ClNO7. The first-order chi connectivity index (χ1) is 16.1. The van der Waals surface area contributed by atoms with Crippen molar-refractivity contribution in [2.75, 3.05) is 0 Å². The fraction of sp³-hybridized carbons (Fsp3) is 0.240. The highest BCUT2D eigenvalue weighted by atomic mass is 35.5. The number of aliphatic hydroxyl groups excluding tert-OH is 2. The second kappa shape index (κ2) is 7.44. The Kier molecular flexibility index (Phi) is 4.86. The number of phenols is 1. The van der Waals surface area contributed by atoms with Gasteiger partial charge in [-0.2, -0.15) is 0 Å². The van der Waals surface area contributed by atoms with Crippen molar-refractivity contribution in [2.45, 2.75) is 24.9 Å². The molecule has 3 unspecified atom stereocenters. The van der Waals surface area contributed by atoms with Crippen molar-refractivity contribution in [1.82, 2.24) is 0 Å². The lowest BCUT2D eigenvalue weighted by atomic mass is 9.59. The van der Waals surface area contributed by atoms with E-state index in [-0.39, 0.29) is 36.1 Å². The summed E-state index contributed by atoms with van der Waals surface area (Å²) < 4.78 is 0. The number of halogens is 1. The molecule has 174 valence electrons. The van der Waals surface area contributed by atoms with Crippen LogP contribution in [0.25, 0.3) is 16.9 Å². The first-order valence-electron chi connectivity index (χ1n) is 10.6. The fourth-order valence-electron chi connectivity index (χ4n) is 5.52. The smallest absolute Gasteiger partial charge is 0.255 e. The molecule has 1 fully saturated rings. The van der Waals surface area contributed by atoms with Gasteiger partial charge in [-0.3, -0.25) is 14.4 Å². The molecule has 5 rings (SSSR count). The second-order valence-corrected chi connectivity index (χ2v) is 9.34. The zero-order chi connectivity index (χ0) is 24.5. The summed E-state index contributed by atoms with van der Waals surface area (Å²) >= 11 is 6.00. The molecule has 0 bridgehead atoms. The lowest BCUT2D eigenvalue weighted by Crippen LogP contribution is -2.58. The number of aliphatic hydroxyl groups is 3. The third kappa shape index (κ3) is 2.92. The summed E-state index contributed by atoms with van der Waals surface area (Å²) in [5, 5.41) is 44.1. The topological polar surface area (TPSA) is 158 Å². The maximum absolute atomic E-state index is 13.5. The van der Waals surface area contributed by atoms with Crippen LogP contribution < -0.4 is 5.73 Å². The molecule has 34 heavy (non-hydrogen) atoms. The van der Waals surface area contributed by atoms with Crippen LogP contribution in [0.4, 0.5) is 0 Å². The van der Waals surface area contributed by atoms with E-state index in [1.807, 2.05) is 0 Å². The van der Waals surface area contributed by atoms with Crippen LogP contribution in [-0.2, 0) is 20.8 Å². The van der Waals surface area contributed by atoms with Gasteiger partial charge in [0.25, 0.3) is 5.91 Å². The predicted octanol–water partition coefficient (Wildman–Crippen LogP) is 2.74. The summed E-state index contributed by atoms with van der Waals surface area (Å²) in [7, 11) is 0. The lowest BCUT2D eigenvalue weighted by Gasteiger charge is -2.46. The van der Waals surface area contributed by atoms with Gasteiger partial charge >= 0.3 is 0 Å². The number of benzene rings is 2. The number of nitrogens with two attached hydrogens (primary N) is 1. The number of rotatable bonds is 2. The number of primary amides is 1. The Morgan fingerprint density at radius 2 is 1.71 bits per heavy atom. The molecule has 9 heteroatoms. The molecule has 0 spiro atoms. The van der Waals surface area contributed by atoms with Crippen molar-refractivity contribution in [3.63, 3.8) is 0 Å². The summed E-state index contributed by atoms with van der Waals surface area (Å²) in [6, 6.07) is 10.1. The van der Waals surface area contributed by atoms with Crippen molar-refractivity contribution < 1.29 is 34.8 Å². The molecule has 1 amide bonds. The van der Waals surface area contributed by atoms with E-state index in [1.165, 1.54) is 6.07 Å². The Bertz CT molecular complexity index is 1360. The van der Waals surface area contributed by atoms with Gasteiger partial charge in [-0.05, 0) is 53.6 Å². The number of ketones is 2. The maximum atomic E-state index is 13.5. The number of fused-ring (bicyclic) bond motifs is 3. The van der Waals surface area contributed by atoms with E-state index in [4.69, 9.17) is 17.3 Å². The Hall–Kier alpha value is -3.62. The second-order valence-electron chi connectivity index (χ2n) is 8.90. The number of carbonyl (C=O) groups is 3. The number of hydrogen-bond donors (Lipinski definition) is 5. The van der Waals surface area contributed by atoms with Crippen LogP contribution >= 0.6 is 11.6 Å². The van der Waals surface area contributed by atoms with Crippen LogP contribution in [0.5, 0.6) is 5.75 Å². The lowest BCUT2D eigenvalue weighted by molar-refractivity contribution is -0.147. The van der Waals surface area contributed by atoms with Gasteiger partial charge in [0.05, 0.1) is 5.56 Å². The number of phenolic OH excluding ortho intramolecular Hbond substituents is 1. The van der Waals surface area contributed by atoms with E-state index in [0.29, 0.717) is 10.6 Å². The SMILES string of the molecule is NC(=O)C1=C(O)C2(O)C(=O)C3=C(O)c4c(O)ccc(-c5ccc(Cl)cc5)c4CC3CC2CC1=O. The minimum atomic E-state index is -2.57. The Balaban J connectivity index is 1.70. The zero-order valence-electron chi connectivity index (χ0n) is 17.7. The minimum absolute atomic E-state index is 0.0552. The van der Waals surface area contributed by atoms with Crippen LogP contribution in [0.1, 0.15) is 24.0 Å². The van der Waals surface area contributed by atoms with Crippen molar-refractivity contribution in [3.05, 3.63) is 69.5 Å². The van der Waals surface area contributed by atoms with Gasteiger partial charge in [0.2, 0.25) is 5.78 Å². The van der Waals surface area contributed by atoms with Gasteiger partial charge in [-0.1, -0.05) is 29.8 Å². The summed E-state index contributed by atoms with van der Waals surface area (Å²) in [5.74, 6) is -6.46. The summed E-state index contributed by atoms with van der Waals surface area (Å²) in [5.41, 5.74) is 3.82. The highest BCUT2D eigenvalue weighted by molar-refractivity contribution is 6.30. The van der Waals surface area contributed by atoms with E-state index in [2.05, 4.69) is 0 Å². The number of amides is 1.